The average molecular weight is 501 g/mol. The lowest BCUT2D eigenvalue weighted by atomic mass is 9.97. The smallest absolute Gasteiger partial charge is 0.335 e. The SMILES string of the molecule is CCCCCCCCCCCCCCC(C)(O)C(=O)O.CCCCCCCCCCCCCCO. The molecule has 212 valence electrons. The molecule has 1 unspecified atom stereocenters. The molecule has 0 amide bonds. The molecule has 0 fully saturated rings. The van der Waals surface area contributed by atoms with Crippen LogP contribution in [0.4, 0.5) is 0 Å². The fourth-order valence-corrected chi connectivity index (χ4v) is 4.37. The minimum atomic E-state index is -1.54. The van der Waals surface area contributed by atoms with Crippen molar-refractivity contribution in [1.29, 1.82) is 0 Å². The molecule has 0 aliphatic heterocycles. The Morgan fingerprint density at radius 3 is 1.03 bits per heavy atom. The first-order valence-corrected chi connectivity index (χ1v) is 15.5. The zero-order valence-corrected chi connectivity index (χ0v) is 24.1. The third-order valence-electron chi connectivity index (χ3n) is 6.99. The number of carboxylic acid groups (broad SMARTS) is 1. The third-order valence-corrected chi connectivity index (χ3v) is 6.99. The van der Waals surface area contributed by atoms with E-state index in [4.69, 9.17) is 10.2 Å². The van der Waals surface area contributed by atoms with Crippen molar-refractivity contribution >= 4 is 5.97 Å². The molecule has 0 spiro atoms. The van der Waals surface area contributed by atoms with Gasteiger partial charge in [0.25, 0.3) is 0 Å². The van der Waals surface area contributed by atoms with Crippen molar-refractivity contribution in [2.45, 2.75) is 187 Å². The van der Waals surface area contributed by atoms with Gasteiger partial charge in [-0.25, -0.2) is 4.79 Å². The van der Waals surface area contributed by atoms with Gasteiger partial charge in [0, 0.05) is 6.61 Å². The molecule has 0 saturated heterocycles. The summed E-state index contributed by atoms with van der Waals surface area (Å²) in [5.41, 5.74) is -1.54. The summed E-state index contributed by atoms with van der Waals surface area (Å²) in [4.78, 5) is 10.7. The number of aliphatic carboxylic acids is 1. The van der Waals surface area contributed by atoms with Crippen LogP contribution < -0.4 is 0 Å². The van der Waals surface area contributed by atoms with E-state index in [9.17, 15) is 9.90 Å². The third kappa shape index (κ3) is 31.4. The molecule has 4 nitrogen and oxygen atoms in total. The maximum atomic E-state index is 10.7. The molecule has 0 heterocycles. The first-order valence-electron chi connectivity index (χ1n) is 15.5. The number of aliphatic hydroxyl groups is 2. The van der Waals surface area contributed by atoms with E-state index in [1.807, 2.05) is 0 Å². The summed E-state index contributed by atoms with van der Waals surface area (Å²) in [6.45, 7) is 6.27. The van der Waals surface area contributed by atoms with Gasteiger partial charge in [0.05, 0.1) is 0 Å². The van der Waals surface area contributed by atoms with Crippen LogP contribution in [0.15, 0.2) is 0 Å². The lowest BCUT2D eigenvalue weighted by molar-refractivity contribution is -0.157. The number of rotatable bonds is 26. The zero-order valence-electron chi connectivity index (χ0n) is 24.1. The highest BCUT2D eigenvalue weighted by Gasteiger charge is 2.28. The first kappa shape index (κ1) is 36.5. The van der Waals surface area contributed by atoms with Gasteiger partial charge in [-0.15, -0.1) is 0 Å². The largest absolute Gasteiger partial charge is 0.479 e. The van der Waals surface area contributed by atoms with Crippen LogP contribution in [-0.2, 0) is 4.79 Å². The molecule has 0 bridgehead atoms. The highest BCUT2D eigenvalue weighted by Crippen LogP contribution is 2.17. The average Bonchev–Trinajstić information content (AvgIpc) is 2.83. The van der Waals surface area contributed by atoms with Gasteiger partial charge >= 0.3 is 5.97 Å². The summed E-state index contributed by atoms with van der Waals surface area (Å²) in [7, 11) is 0. The Balaban J connectivity index is 0. The Hall–Kier alpha value is -0.610. The van der Waals surface area contributed by atoms with Crippen LogP contribution >= 0.6 is 0 Å². The van der Waals surface area contributed by atoms with Crippen molar-refractivity contribution in [3.05, 3.63) is 0 Å². The summed E-state index contributed by atoms with van der Waals surface area (Å²) in [6, 6.07) is 0. The molecule has 0 rings (SSSR count). The van der Waals surface area contributed by atoms with Crippen molar-refractivity contribution in [1.82, 2.24) is 0 Å². The van der Waals surface area contributed by atoms with Gasteiger partial charge < -0.3 is 15.3 Å². The summed E-state index contributed by atoms with van der Waals surface area (Å²) in [6.07, 6.45) is 31.7. The molecule has 3 N–H and O–H groups in total. The van der Waals surface area contributed by atoms with Crippen LogP contribution in [0.3, 0.4) is 0 Å². The van der Waals surface area contributed by atoms with E-state index in [0.717, 1.165) is 25.7 Å². The number of carbonyl (C=O) groups is 1. The van der Waals surface area contributed by atoms with Gasteiger partial charge in [-0.1, -0.05) is 155 Å². The molecule has 0 aliphatic carbocycles. The maximum absolute atomic E-state index is 10.7. The molecule has 0 aromatic rings. The molecular weight excluding hydrogens is 436 g/mol. The Morgan fingerprint density at radius 1 is 0.514 bits per heavy atom. The predicted octanol–water partition coefficient (Wildman–Crippen LogP) is 9.59. The van der Waals surface area contributed by atoms with E-state index in [0.29, 0.717) is 13.0 Å². The number of unbranched alkanes of at least 4 members (excludes halogenated alkanes) is 22. The fourth-order valence-electron chi connectivity index (χ4n) is 4.37. The maximum Gasteiger partial charge on any atom is 0.335 e. The minimum Gasteiger partial charge on any atom is -0.479 e. The van der Waals surface area contributed by atoms with Crippen LogP contribution in [0.1, 0.15) is 181 Å². The van der Waals surface area contributed by atoms with E-state index >= 15 is 0 Å². The summed E-state index contributed by atoms with van der Waals surface area (Å²) in [5.74, 6) is -1.11. The van der Waals surface area contributed by atoms with Crippen molar-refractivity contribution in [3.8, 4) is 0 Å². The van der Waals surface area contributed by atoms with Crippen molar-refractivity contribution in [2.24, 2.45) is 0 Å². The summed E-state index contributed by atoms with van der Waals surface area (Å²) < 4.78 is 0. The standard InChI is InChI=1S/C17H34O3.C14H30O/c1-3-4-5-6-7-8-9-10-11-12-13-14-15-17(2,20)16(18)19;1-2-3-4-5-6-7-8-9-10-11-12-13-14-15/h20H,3-15H2,1-2H3,(H,18,19);15H,2-14H2,1H3. The molecule has 0 aromatic carbocycles. The summed E-state index contributed by atoms with van der Waals surface area (Å²) in [5, 5.41) is 26.9. The fraction of sp³-hybridized carbons (Fsp3) is 0.968. The van der Waals surface area contributed by atoms with Gasteiger partial charge in [0.2, 0.25) is 0 Å². The summed E-state index contributed by atoms with van der Waals surface area (Å²) >= 11 is 0. The molecule has 0 aliphatic rings. The number of hydrogen-bond donors (Lipinski definition) is 3. The quantitative estimate of drug-likeness (QED) is 0.103. The molecule has 0 saturated carbocycles. The lowest BCUT2D eigenvalue weighted by Gasteiger charge is -2.17. The molecular formula is C31H64O4. The van der Waals surface area contributed by atoms with E-state index < -0.39 is 11.6 Å². The van der Waals surface area contributed by atoms with Crippen LogP contribution in [0.25, 0.3) is 0 Å². The number of hydrogen-bond acceptors (Lipinski definition) is 3. The molecule has 0 aromatic heterocycles. The predicted molar refractivity (Wildman–Crippen MR) is 152 cm³/mol. The van der Waals surface area contributed by atoms with Gasteiger partial charge in [-0.05, 0) is 26.2 Å². The Morgan fingerprint density at radius 2 is 0.771 bits per heavy atom. The van der Waals surface area contributed by atoms with E-state index in [1.54, 1.807) is 0 Å². The van der Waals surface area contributed by atoms with E-state index in [-0.39, 0.29) is 0 Å². The number of aliphatic hydroxyl groups excluding tert-OH is 1. The molecule has 1 atom stereocenters. The van der Waals surface area contributed by atoms with Gasteiger partial charge in [0.15, 0.2) is 5.60 Å². The minimum absolute atomic E-state index is 0.361. The second kappa shape index (κ2) is 29.6. The molecule has 35 heavy (non-hydrogen) atoms. The molecule has 0 radical (unpaired) electrons. The second-order valence-electron chi connectivity index (χ2n) is 10.8. The zero-order chi connectivity index (χ0) is 26.5. The highest BCUT2D eigenvalue weighted by molar-refractivity contribution is 5.76. The Kier molecular flexibility index (Phi) is 30.9. The van der Waals surface area contributed by atoms with Crippen molar-refractivity contribution < 1.29 is 20.1 Å². The lowest BCUT2D eigenvalue weighted by Crippen LogP contribution is -2.34. The van der Waals surface area contributed by atoms with Gasteiger partial charge in [-0.3, -0.25) is 0 Å². The highest BCUT2D eigenvalue weighted by atomic mass is 16.4. The monoisotopic (exact) mass is 500 g/mol. The second-order valence-corrected chi connectivity index (χ2v) is 10.8. The Bertz CT molecular complexity index is 397. The van der Waals surface area contributed by atoms with E-state index in [2.05, 4.69) is 13.8 Å². The topological polar surface area (TPSA) is 77.8 Å². The number of carboxylic acids is 1. The normalized spacial score (nSPS) is 12.7. The van der Waals surface area contributed by atoms with Crippen LogP contribution in [-0.4, -0.2) is 33.5 Å². The van der Waals surface area contributed by atoms with Gasteiger partial charge in [0.1, 0.15) is 0 Å². The van der Waals surface area contributed by atoms with Crippen molar-refractivity contribution in [3.63, 3.8) is 0 Å². The van der Waals surface area contributed by atoms with E-state index in [1.165, 1.54) is 135 Å². The van der Waals surface area contributed by atoms with Crippen LogP contribution in [0.5, 0.6) is 0 Å². The van der Waals surface area contributed by atoms with Crippen LogP contribution in [0.2, 0.25) is 0 Å². The Labute approximate surface area is 219 Å². The van der Waals surface area contributed by atoms with Crippen molar-refractivity contribution in [2.75, 3.05) is 6.61 Å². The van der Waals surface area contributed by atoms with Gasteiger partial charge in [-0.2, -0.15) is 0 Å². The van der Waals surface area contributed by atoms with Crippen LogP contribution in [0, 0.1) is 0 Å². The molecule has 4 heteroatoms. The first-order chi connectivity index (χ1) is 16.9.